The second kappa shape index (κ2) is 5.45. The van der Waals surface area contributed by atoms with Crippen molar-refractivity contribution in [3.63, 3.8) is 0 Å². The van der Waals surface area contributed by atoms with Gasteiger partial charge in [0.15, 0.2) is 5.82 Å². The molecule has 0 spiro atoms. The van der Waals surface area contributed by atoms with Crippen molar-refractivity contribution in [1.82, 2.24) is 24.1 Å². The molecule has 4 rings (SSSR count). The number of rotatable bonds is 2. The Kier molecular flexibility index (Phi) is 3.41. The van der Waals surface area contributed by atoms with Crippen LogP contribution in [0, 0.1) is 5.92 Å². The van der Waals surface area contributed by atoms with Gasteiger partial charge in [0.25, 0.3) is 5.56 Å². The maximum absolute atomic E-state index is 12.4. The normalized spacial score (nSPS) is 17.3. The van der Waals surface area contributed by atoms with Crippen molar-refractivity contribution in [2.45, 2.75) is 26.3 Å². The second-order valence-corrected chi connectivity index (χ2v) is 6.59. The second-order valence-electron chi connectivity index (χ2n) is 6.59. The fourth-order valence-electron chi connectivity index (χ4n) is 3.41. The summed E-state index contributed by atoms with van der Waals surface area (Å²) in [5, 5.41) is 9.34. The molecule has 6 nitrogen and oxygen atoms in total. The lowest BCUT2D eigenvalue weighted by molar-refractivity contribution is 0.181. The van der Waals surface area contributed by atoms with Gasteiger partial charge < -0.3 is 0 Å². The van der Waals surface area contributed by atoms with Crippen LogP contribution >= 0.6 is 0 Å². The van der Waals surface area contributed by atoms with Crippen LogP contribution in [0.25, 0.3) is 16.7 Å². The topological polar surface area (TPSA) is 55.4 Å². The Bertz CT molecular complexity index is 918. The number of hydrogen-bond acceptors (Lipinski definition) is 4. The third kappa shape index (κ3) is 2.34. The SMILES string of the molecule is CC1CCN(Cc2nnc3n(C)c(=O)c4ccccc4n23)CC1. The molecule has 1 fully saturated rings. The molecule has 0 radical (unpaired) electrons. The number of benzene rings is 1. The first-order valence-electron chi connectivity index (χ1n) is 8.19. The predicted molar refractivity (Wildman–Crippen MR) is 89.4 cm³/mol. The van der Waals surface area contributed by atoms with E-state index in [2.05, 4.69) is 22.0 Å². The van der Waals surface area contributed by atoms with Gasteiger partial charge in [-0.05, 0) is 44.0 Å². The predicted octanol–water partition coefficient (Wildman–Crippen LogP) is 1.81. The number of fused-ring (bicyclic) bond motifs is 3. The molecule has 1 aromatic carbocycles. The van der Waals surface area contributed by atoms with Crippen molar-refractivity contribution in [2.24, 2.45) is 13.0 Å². The highest BCUT2D eigenvalue weighted by molar-refractivity contribution is 5.80. The van der Waals surface area contributed by atoms with Crippen LogP contribution in [-0.4, -0.2) is 37.2 Å². The van der Waals surface area contributed by atoms with E-state index in [1.54, 1.807) is 11.6 Å². The minimum atomic E-state index is -0.0288. The van der Waals surface area contributed by atoms with Crippen molar-refractivity contribution in [1.29, 1.82) is 0 Å². The summed E-state index contributed by atoms with van der Waals surface area (Å²) in [7, 11) is 1.76. The van der Waals surface area contributed by atoms with Gasteiger partial charge in [0.05, 0.1) is 17.4 Å². The van der Waals surface area contributed by atoms with E-state index in [0.717, 1.165) is 36.9 Å². The molecule has 2 aromatic heterocycles. The molecule has 0 aliphatic carbocycles. The highest BCUT2D eigenvalue weighted by atomic mass is 16.1. The molecule has 0 N–H and O–H groups in total. The zero-order chi connectivity index (χ0) is 16.0. The molecule has 0 bridgehead atoms. The Hall–Kier alpha value is -2.21. The highest BCUT2D eigenvalue weighted by Crippen LogP contribution is 2.19. The first kappa shape index (κ1) is 14.4. The zero-order valence-electron chi connectivity index (χ0n) is 13.6. The van der Waals surface area contributed by atoms with Gasteiger partial charge in [-0.3, -0.25) is 18.7 Å². The molecular formula is C17H21N5O. The van der Waals surface area contributed by atoms with Crippen molar-refractivity contribution in [3.05, 3.63) is 40.4 Å². The van der Waals surface area contributed by atoms with E-state index in [-0.39, 0.29) is 5.56 Å². The molecular weight excluding hydrogens is 290 g/mol. The fourth-order valence-corrected chi connectivity index (χ4v) is 3.41. The van der Waals surface area contributed by atoms with Crippen molar-refractivity contribution < 1.29 is 0 Å². The number of para-hydroxylation sites is 1. The van der Waals surface area contributed by atoms with E-state index in [1.807, 2.05) is 28.7 Å². The lowest BCUT2D eigenvalue weighted by Crippen LogP contribution is -2.33. The molecule has 1 aliphatic rings. The standard InChI is InChI=1S/C17H21N5O/c1-12-7-9-21(10-8-12)11-15-18-19-17-20(2)16(23)13-5-3-4-6-14(13)22(15)17/h3-6,12H,7-11H2,1-2H3. The Morgan fingerprint density at radius 1 is 1.17 bits per heavy atom. The monoisotopic (exact) mass is 311 g/mol. The smallest absolute Gasteiger partial charge is 0.262 e. The van der Waals surface area contributed by atoms with Gasteiger partial charge in [-0.1, -0.05) is 19.1 Å². The molecule has 1 saturated heterocycles. The summed E-state index contributed by atoms with van der Waals surface area (Å²) in [6.07, 6.45) is 2.46. The van der Waals surface area contributed by atoms with E-state index >= 15 is 0 Å². The van der Waals surface area contributed by atoms with Crippen molar-refractivity contribution >= 4 is 16.7 Å². The highest BCUT2D eigenvalue weighted by Gasteiger charge is 2.20. The van der Waals surface area contributed by atoms with Gasteiger partial charge in [-0.25, -0.2) is 0 Å². The minimum Gasteiger partial charge on any atom is -0.296 e. The number of piperidine rings is 1. The summed E-state index contributed by atoms with van der Waals surface area (Å²) in [4.78, 5) is 14.9. The summed E-state index contributed by atoms with van der Waals surface area (Å²) >= 11 is 0. The van der Waals surface area contributed by atoms with Crippen LogP contribution < -0.4 is 5.56 Å². The molecule has 1 aliphatic heterocycles. The average Bonchev–Trinajstić information content (AvgIpc) is 2.99. The lowest BCUT2D eigenvalue weighted by atomic mass is 9.99. The Labute approximate surface area is 134 Å². The van der Waals surface area contributed by atoms with Crippen LogP contribution in [0.15, 0.2) is 29.1 Å². The van der Waals surface area contributed by atoms with Crippen LogP contribution in [0.2, 0.25) is 0 Å². The van der Waals surface area contributed by atoms with E-state index in [1.165, 1.54) is 12.8 Å². The number of aromatic nitrogens is 4. The first-order chi connectivity index (χ1) is 11.1. The summed E-state index contributed by atoms with van der Waals surface area (Å²) in [6, 6.07) is 7.68. The Morgan fingerprint density at radius 3 is 2.70 bits per heavy atom. The molecule has 3 heterocycles. The Morgan fingerprint density at radius 2 is 1.91 bits per heavy atom. The molecule has 0 amide bonds. The average molecular weight is 311 g/mol. The van der Waals surface area contributed by atoms with Crippen LogP contribution in [0.3, 0.4) is 0 Å². The van der Waals surface area contributed by atoms with Gasteiger partial charge in [0.2, 0.25) is 5.78 Å². The van der Waals surface area contributed by atoms with Gasteiger partial charge >= 0.3 is 0 Å². The summed E-state index contributed by atoms with van der Waals surface area (Å²) in [5.74, 6) is 2.32. The van der Waals surface area contributed by atoms with Gasteiger partial charge in [-0.15, -0.1) is 10.2 Å². The largest absolute Gasteiger partial charge is 0.296 e. The maximum atomic E-state index is 12.4. The number of aryl methyl sites for hydroxylation is 1. The molecule has 23 heavy (non-hydrogen) atoms. The number of likely N-dealkylation sites (tertiary alicyclic amines) is 1. The van der Waals surface area contributed by atoms with Crippen molar-refractivity contribution in [3.8, 4) is 0 Å². The van der Waals surface area contributed by atoms with Crippen LogP contribution in [-0.2, 0) is 13.6 Å². The fraction of sp³-hybridized carbons (Fsp3) is 0.471. The quantitative estimate of drug-likeness (QED) is 0.724. The summed E-state index contributed by atoms with van der Waals surface area (Å²) in [5.41, 5.74) is 0.856. The molecule has 0 unspecified atom stereocenters. The Balaban J connectivity index is 1.84. The molecule has 0 atom stereocenters. The van der Waals surface area contributed by atoms with Gasteiger partial charge in [0, 0.05) is 7.05 Å². The summed E-state index contributed by atoms with van der Waals surface area (Å²) in [6.45, 7) is 5.28. The maximum Gasteiger partial charge on any atom is 0.262 e. The van der Waals surface area contributed by atoms with E-state index < -0.39 is 0 Å². The van der Waals surface area contributed by atoms with Gasteiger partial charge in [-0.2, -0.15) is 0 Å². The van der Waals surface area contributed by atoms with E-state index in [4.69, 9.17) is 0 Å². The number of nitrogens with zero attached hydrogens (tertiary/aromatic N) is 5. The van der Waals surface area contributed by atoms with Crippen LogP contribution in [0.5, 0.6) is 0 Å². The van der Waals surface area contributed by atoms with E-state index in [9.17, 15) is 4.79 Å². The lowest BCUT2D eigenvalue weighted by Gasteiger charge is -2.29. The first-order valence-corrected chi connectivity index (χ1v) is 8.19. The van der Waals surface area contributed by atoms with Crippen LogP contribution in [0.4, 0.5) is 0 Å². The molecule has 6 heteroatoms. The molecule has 120 valence electrons. The van der Waals surface area contributed by atoms with Crippen LogP contribution in [0.1, 0.15) is 25.6 Å². The zero-order valence-corrected chi connectivity index (χ0v) is 13.6. The summed E-state index contributed by atoms with van der Waals surface area (Å²) < 4.78 is 3.60. The number of hydrogen-bond donors (Lipinski definition) is 0. The molecule has 0 saturated carbocycles. The molecule has 3 aromatic rings. The van der Waals surface area contributed by atoms with Crippen molar-refractivity contribution in [2.75, 3.05) is 13.1 Å². The van der Waals surface area contributed by atoms with E-state index in [0.29, 0.717) is 11.2 Å². The van der Waals surface area contributed by atoms with Gasteiger partial charge in [0.1, 0.15) is 0 Å². The third-order valence-electron chi connectivity index (χ3n) is 4.93. The minimum absolute atomic E-state index is 0.0288. The third-order valence-corrected chi connectivity index (χ3v) is 4.93.